The standard InChI is InChI=1S/C23H24ClN7O2/c1-14(20-27-13-28-31(20)23-25-7-2-8-26-23)30(12-15-3-4-15)22(33)17-9-16(10-18(24)11-17)21(32)29-19-5-6-19/h2,7-11,13-15,19H,3-6,12H2,1H3,(H,29,32). The molecule has 2 aliphatic carbocycles. The zero-order chi connectivity index (χ0) is 22.9. The lowest BCUT2D eigenvalue weighted by molar-refractivity contribution is 0.0670. The number of halogens is 1. The third-order valence-electron chi connectivity index (χ3n) is 5.89. The Balaban J connectivity index is 1.45. The Labute approximate surface area is 196 Å². The molecule has 1 N–H and O–H groups in total. The van der Waals surface area contributed by atoms with Gasteiger partial charge in [0.25, 0.3) is 17.8 Å². The van der Waals surface area contributed by atoms with Crippen LogP contribution >= 0.6 is 11.6 Å². The van der Waals surface area contributed by atoms with Gasteiger partial charge in [0.05, 0.1) is 6.04 Å². The predicted molar refractivity (Wildman–Crippen MR) is 121 cm³/mol. The van der Waals surface area contributed by atoms with E-state index in [1.807, 2.05) is 6.92 Å². The number of carbonyl (C=O) groups excluding carboxylic acids is 2. The van der Waals surface area contributed by atoms with Crippen LogP contribution in [0.15, 0.2) is 43.0 Å². The number of carbonyl (C=O) groups is 2. The molecule has 0 aliphatic heterocycles. The predicted octanol–water partition coefficient (Wildman–Crippen LogP) is 3.22. The van der Waals surface area contributed by atoms with Crippen LogP contribution in [0, 0.1) is 5.92 Å². The van der Waals surface area contributed by atoms with Gasteiger partial charge in [0.2, 0.25) is 0 Å². The summed E-state index contributed by atoms with van der Waals surface area (Å²) in [4.78, 5) is 41.0. The van der Waals surface area contributed by atoms with Gasteiger partial charge >= 0.3 is 0 Å². The Hall–Kier alpha value is -3.33. The molecule has 2 amide bonds. The van der Waals surface area contributed by atoms with E-state index in [4.69, 9.17) is 11.6 Å². The average molecular weight is 466 g/mol. The molecule has 3 aromatic rings. The maximum Gasteiger partial charge on any atom is 0.254 e. The lowest BCUT2D eigenvalue weighted by Crippen LogP contribution is -2.37. The van der Waals surface area contributed by atoms with Crippen LogP contribution in [-0.2, 0) is 0 Å². The van der Waals surface area contributed by atoms with Gasteiger partial charge in [0.15, 0.2) is 5.82 Å². The number of nitrogens with zero attached hydrogens (tertiary/aromatic N) is 6. The third kappa shape index (κ3) is 4.88. The zero-order valence-corrected chi connectivity index (χ0v) is 18.9. The molecule has 0 spiro atoms. The summed E-state index contributed by atoms with van der Waals surface area (Å²) in [6.07, 6.45) is 8.82. The number of rotatable bonds is 8. The molecule has 5 rings (SSSR count). The van der Waals surface area contributed by atoms with Crippen molar-refractivity contribution in [2.75, 3.05) is 6.54 Å². The second kappa shape index (κ2) is 8.90. The highest BCUT2D eigenvalue weighted by molar-refractivity contribution is 6.31. The van der Waals surface area contributed by atoms with Crippen molar-refractivity contribution in [1.29, 1.82) is 0 Å². The van der Waals surface area contributed by atoms with Gasteiger partial charge in [-0.1, -0.05) is 11.6 Å². The van der Waals surface area contributed by atoms with Crippen LogP contribution < -0.4 is 5.32 Å². The van der Waals surface area contributed by atoms with Gasteiger partial charge in [0.1, 0.15) is 6.33 Å². The summed E-state index contributed by atoms with van der Waals surface area (Å²) < 4.78 is 1.55. The number of benzene rings is 1. The normalized spacial score (nSPS) is 16.3. The Morgan fingerprint density at radius 2 is 1.85 bits per heavy atom. The molecule has 2 aromatic heterocycles. The maximum absolute atomic E-state index is 13.7. The summed E-state index contributed by atoms with van der Waals surface area (Å²) in [6, 6.07) is 6.36. The molecule has 9 nitrogen and oxygen atoms in total. The molecule has 1 atom stereocenters. The molecule has 0 bridgehead atoms. The Bertz CT molecular complexity index is 1170. The van der Waals surface area contributed by atoms with Gasteiger partial charge in [-0.05, 0) is 62.8 Å². The fraction of sp³-hybridized carbons (Fsp3) is 0.391. The van der Waals surface area contributed by atoms with E-state index in [9.17, 15) is 9.59 Å². The van der Waals surface area contributed by atoms with E-state index < -0.39 is 6.04 Å². The molecule has 2 heterocycles. The molecular weight excluding hydrogens is 442 g/mol. The molecule has 1 unspecified atom stereocenters. The second-order valence-corrected chi connectivity index (χ2v) is 9.07. The number of nitrogens with one attached hydrogen (secondary N) is 1. The quantitative estimate of drug-likeness (QED) is 0.547. The average Bonchev–Trinajstić information content (AvgIpc) is 3.76. The van der Waals surface area contributed by atoms with Crippen LogP contribution in [0.3, 0.4) is 0 Å². The first-order chi connectivity index (χ1) is 16.0. The molecule has 0 radical (unpaired) electrons. The third-order valence-corrected chi connectivity index (χ3v) is 6.11. The fourth-order valence-electron chi connectivity index (χ4n) is 3.73. The van der Waals surface area contributed by atoms with Crippen LogP contribution in [0.25, 0.3) is 5.95 Å². The molecule has 2 saturated carbocycles. The van der Waals surface area contributed by atoms with Crippen molar-refractivity contribution < 1.29 is 9.59 Å². The highest BCUT2D eigenvalue weighted by Gasteiger charge is 2.33. The summed E-state index contributed by atoms with van der Waals surface area (Å²) in [5, 5.41) is 7.57. The minimum absolute atomic E-state index is 0.207. The van der Waals surface area contributed by atoms with Crippen LogP contribution in [0.5, 0.6) is 0 Å². The molecule has 33 heavy (non-hydrogen) atoms. The lowest BCUT2D eigenvalue weighted by atomic mass is 10.1. The highest BCUT2D eigenvalue weighted by Crippen LogP contribution is 2.34. The van der Waals surface area contributed by atoms with E-state index in [1.54, 1.807) is 46.2 Å². The largest absolute Gasteiger partial charge is 0.349 e. The second-order valence-electron chi connectivity index (χ2n) is 8.63. The summed E-state index contributed by atoms with van der Waals surface area (Å²) in [6.45, 7) is 2.49. The number of amides is 2. The summed E-state index contributed by atoms with van der Waals surface area (Å²) in [5.74, 6) is 0.969. The van der Waals surface area contributed by atoms with Crippen LogP contribution in [-0.4, -0.2) is 54.0 Å². The molecule has 0 saturated heterocycles. The van der Waals surface area contributed by atoms with E-state index in [1.165, 1.54) is 6.33 Å². The Morgan fingerprint density at radius 1 is 1.12 bits per heavy atom. The maximum atomic E-state index is 13.7. The zero-order valence-electron chi connectivity index (χ0n) is 18.2. The minimum Gasteiger partial charge on any atom is -0.349 e. The molecule has 2 aliphatic rings. The van der Waals surface area contributed by atoms with Gasteiger partial charge in [-0.2, -0.15) is 9.78 Å². The first kappa shape index (κ1) is 21.5. The van der Waals surface area contributed by atoms with Gasteiger partial charge in [-0.15, -0.1) is 0 Å². The molecule has 10 heteroatoms. The van der Waals surface area contributed by atoms with Gasteiger partial charge < -0.3 is 10.2 Å². The van der Waals surface area contributed by atoms with Gasteiger partial charge in [-0.25, -0.2) is 15.0 Å². The Kier molecular flexibility index (Phi) is 5.80. The molecule has 1 aromatic carbocycles. The molecule has 170 valence electrons. The number of hydrogen-bond donors (Lipinski definition) is 1. The number of aromatic nitrogens is 5. The Morgan fingerprint density at radius 3 is 2.55 bits per heavy atom. The molecular formula is C23H24ClN7O2. The van der Waals surface area contributed by atoms with Crippen molar-refractivity contribution in [3.8, 4) is 5.95 Å². The summed E-state index contributed by atoms with van der Waals surface area (Å²) in [7, 11) is 0. The lowest BCUT2D eigenvalue weighted by Gasteiger charge is -2.29. The SMILES string of the molecule is CC(c1ncnn1-c1ncccn1)N(CC1CC1)C(=O)c1cc(Cl)cc(C(=O)NC2CC2)c1. The van der Waals surface area contributed by atoms with E-state index in [0.717, 1.165) is 25.7 Å². The highest BCUT2D eigenvalue weighted by atomic mass is 35.5. The minimum atomic E-state index is -0.396. The van der Waals surface area contributed by atoms with Crippen molar-refractivity contribution in [3.05, 3.63) is 65.0 Å². The smallest absolute Gasteiger partial charge is 0.254 e. The number of hydrogen-bond acceptors (Lipinski definition) is 6. The monoisotopic (exact) mass is 465 g/mol. The van der Waals surface area contributed by atoms with Crippen molar-refractivity contribution in [2.45, 2.75) is 44.7 Å². The van der Waals surface area contributed by atoms with Crippen LogP contribution in [0.2, 0.25) is 5.02 Å². The van der Waals surface area contributed by atoms with Crippen LogP contribution in [0.4, 0.5) is 0 Å². The van der Waals surface area contributed by atoms with Crippen LogP contribution in [0.1, 0.15) is 65.2 Å². The van der Waals surface area contributed by atoms with Gasteiger partial charge in [-0.3, -0.25) is 9.59 Å². The fourth-order valence-corrected chi connectivity index (χ4v) is 3.97. The molecule has 2 fully saturated rings. The topological polar surface area (TPSA) is 106 Å². The van der Waals surface area contributed by atoms with E-state index in [-0.39, 0.29) is 17.9 Å². The van der Waals surface area contributed by atoms with Gasteiger partial charge in [0, 0.05) is 41.1 Å². The van der Waals surface area contributed by atoms with Crippen molar-refractivity contribution in [3.63, 3.8) is 0 Å². The van der Waals surface area contributed by atoms with Crippen molar-refractivity contribution >= 4 is 23.4 Å². The summed E-state index contributed by atoms with van der Waals surface area (Å²) in [5.41, 5.74) is 0.760. The first-order valence-corrected chi connectivity index (χ1v) is 11.5. The van der Waals surface area contributed by atoms with E-state index >= 15 is 0 Å². The summed E-state index contributed by atoms with van der Waals surface area (Å²) >= 11 is 6.30. The van der Waals surface area contributed by atoms with E-state index in [0.29, 0.717) is 40.4 Å². The van der Waals surface area contributed by atoms with E-state index in [2.05, 4.69) is 25.4 Å². The van der Waals surface area contributed by atoms with Crippen molar-refractivity contribution in [1.82, 2.24) is 34.9 Å². The van der Waals surface area contributed by atoms with Crippen molar-refractivity contribution in [2.24, 2.45) is 5.92 Å². The first-order valence-electron chi connectivity index (χ1n) is 11.1.